The molecule has 1 aliphatic rings. The molecule has 1 amide bonds. The minimum absolute atomic E-state index is 0.0460. The molecule has 96 valence electrons. The number of halogens is 2. The van der Waals surface area contributed by atoms with E-state index in [9.17, 15) is 18.4 Å². The summed E-state index contributed by atoms with van der Waals surface area (Å²) in [6.07, 6.45) is -0.112. The van der Waals surface area contributed by atoms with Crippen LogP contribution in [-0.4, -0.2) is 23.5 Å². The van der Waals surface area contributed by atoms with Gasteiger partial charge < -0.3 is 10.4 Å². The molecule has 2 rings (SSSR count). The van der Waals surface area contributed by atoms with Gasteiger partial charge in [-0.15, -0.1) is 0 Å². The first kappa shape index (κ1) is 12.5. The molecule has 1 saturated heterocycles. The third-order valence-electron chi connectivity index (χ3n) is 3.09. The van der Waals surface area contributed by atoms with Crippen LogP contribution in [0.5, 0.6) is 0 Å². The number of carboxylic acids is 1. The molecule has 18 heavy (non-hydrogen) atoms. The number of carbonyl (C=O) groups excluding carboxylic acids is 1. The fraction of sp³-hybridized carbons (Fsp3) is 0.333. The van der Waals surface area contributed by atoms with Crippen LogP contribution in [0.4, 0.5) is 8.78 Å². The standard InChI is InChI=1S/C12H11F2NO3/c13-6-1-2-7(10(14)3-6)8-4-11(16)15-5-9(8)12(17)18/h1-3,8-9H,4-5H2,(H,15,16)(H,17,18)/t8-,9+/m1/s1. The molecule has 0 radical (unpaired) electrons. The lowest BCUT2D eigenvalue weighted by Crippen LogP contribution is -2.43. The van der Waals surface area contributed by atoms with E-state index in [1.807, 2.05) is 0 Å². The average molecular weight is 255 g/mol. The molecule has 1 aromatic rings. The van der Waals surface area contributed by atoms with Gasteiger partial charge in [0.15, 0.2) is 0 Å². The van der Waals surface area contributed by atoms with Crippen LogP contribution in [0.25, 0.3) is 0 Å². The van der Waals surface area contributed by atoms with Gasteiger partial charge in [-0.3, -0.25) is 9.59 Å². The molecular weight excluding hydrogens is 244 g/mol. The second-order valence-corrected chi connectivity index (χ2v) is 4.23. The third-order valence-corrected chi connectivity index (χ3v) is 3.09. The molecule has 0 aliphatic carbocycles. The van der Waals surface area contributed by atoms with Crippen molar-refractivity contribution in [2.45, 2.75) is 12.3 Å². The van der Waals surface area contributed by atoms with Crippen molar-refractivity contribution in [1.82, 2.24) is 5.32 Å². The van der Waals surface area contributed by atoms with Crippen molar-refractivity contribution in [2.24, 2.45) is 5.92 Å². The summed E-state index contributed by atoms with van der Waals surface area (Å²) in [5, 5.41) is 11.5. The van der Waals surface area contributed by atoms with Crippen LogP contribution in [0.3, 0.4) is 0 Å². The van der Waals surface area contributed by atoms with Gasteiger partial charge in [0.05, 0.1) is 5.92 Å². The Morgan fingerprint density at radius 3 is 2.72 bits per heavy atom. The Hall–Kier alpha value is -1.98. The zero-order valence-electron chi connectivity index (χ0n) is 9.32. The largest absolute Gasteiger partial charge is 0.481 e. The van der Waals surface area contributed by atoms with Crippen molar-refractivity contribution >= 4 is 11.9 Å². The van der Waals surface area contributed by atoms with Crippen LogP contribution in [0.1, 0.15) is 17.9 Å². The number of piperidine rings is 1. The number of carbonyl (C=O) groups is 2. The van der Waals surface area contributed by atoms with E-state index < -0.39 is 29.4 Å². The van der Waals surface area contributed by atoms with Crippen molar-refractivity contribution in [2.75, 3.05) is 6.54 Å². The molecule has 0 spiro atoms. The molecule has 0 aromatic heterocycles. The smallest absolute Gasteiger partial charge is 0.308 e. The summed E-state index contributed by atoms with van der Waals surface area (Å²) in [6, 6.07) is 2.95. The molecule has 0 saturated carbocycles. The van der Waals surface area contributed by atoms with Gasteiger partial charge in [0.25, 0.3) is 0 Å². The first-order valence-electron chi connectivity index (χ1n) is 5.43. The van der Waals surface area contributed by atoms with Crippen LogP contribution in [0, 0.1) is 17.6 Å². The minimum atomic E-state index is -1.11. The Balaban J connectivity index is 2.38. The maximum Gasteiger partial charge on any atom is 0.308 e. The van der Waals surface area contributed by atoms with Crippen LogP contribution in [0.2, 0.25) is 0 Å². The highest BCUT2D eigenvalue weighted by Gasteiger charge is 2.36. The van der Waals surface area contributed by atoms with Gasteiger partial charge in [0.2, 0.25) is 5.91 Å². The number of carboxylic acid groups (broad SMARTS) is 1. The summed E-state index contributed by atoms with van der Waals surface area (Å²) < 4.78 is 26.4. The van der Waals surface area contributed by atoms with Crippen LogP contribution < -0.4 is 5.32 Å². The van der Waals surface area contributed by atoms with Crippen molar-refractivity contribution in [3.8, 4) is 0 Å². The first-order chi connectivity index (χ1) is 8.49. The normalized spacial score (nSPS) is 23.6. The van der Waals surface area contributed by atoms with Crippen molar-refractivity contribution in [1.29, 1.82) is 0 Å². The number of hydrogen-bond acceptors (Lipinski definition) is 2. The Kier molecular flexibility index (Phi) is 3.27. The van der Waals surface area contributed by atoms with E-state index in [0.717, 1.165) is 6.07 Å². The second kappa shape index (κ2) is 4.72. The number of aliphatic carboxylic acids is 1. The Morgan fingerprint density at radius 1 is 1.39 bits per heavy atom. The number of benzene rings is 1. The van der Waals surface area contributed by atoms with E-state index in [0.29, 0.717) is 6.07 Å². The number of rotatable bonds is 2. The number of hydrogen-bond donors (Lipinski definition) is 2. The predicted molar refractivity (Wildman–Crippen MR) is 57.9 cm³/mol. The summed E-state index contributed by atoms with van der Waals surface area (Å²) in [5.74, 6) is -4.66. The fourth-order valence-corrected chi connectivity index (χ4v) is 2.17. The molecule has 0 bridgehead atoms. The van der Waals surface area contributed by atoms with Crippen molar-refractivity contribution in [3.05, 3.63) is 35.4 Å². The van der Waals surface area contributed by atoms with E-state index in [1.54, 1.807) is 0 Å². The van der Waals surface area contributed by atoms with Crippen molar-refractivity contribution in [3.63, 3.8) is 0 Å². The Bertz CT molecular complexity index is 504. The Morgan fingerprint density at radius 2 is 2.11 bits per heavy atom. The predicted octanol–water partition coefficient (Wildman–Crippen LogP) is 1.27. The van der Waals surface area contributed by atoms with E-state index >= 15 is 0 Å². The zero-order valence-corrected chi connectivity index (χ0v) is 9.32. The molecule has 1 aromatic carbocycles. The van der Waals surface area contributed by atoms with Gasteiger partial charge >= 0.3 is 5.97 Å². The molecule has 2 atom stereocenters. The summed E-state index contributed by atoms with van der Waals surface area (Å²) in [6.45, 7) is -0.0460. The van der Waals surface area contributed by atoms with Gasteiger partial charge in [-0.05, 0) is 11.6 Å². The number of amides is 1. The molecule has 4 nitrogen and oxygen atoms in total. The lowest BCUT2D eigenvalue weighted by Gasteiger charge is -2.29. The van der Waals surface area contributed by atoms with Gasteiger partial charge in [-0.2, -0.15) is 0 Å². The highest BCUT2D eigenvalue weighted by molar-refractivity contribution is 5.82. The lowest BCUT2D eigenvalue weighted by atomic mass is 9.80. The molecule has 2 N–H and O–H groups in total. The first-order valence-corrected chi connectivity index (χ1v) is 5.43. The maximum atomic E-state index is 13.6. The average Bonchev–Trinajstić information content (AvgIpc) is 2.28. The van der Waals surface area contributed by atoms with Crippen LogP contribution >= 0.6 is 0 Å². The van der Waals surface area contributed by atoms with Crippen LogP contribution in [0.15, 0.2) is 18.2 Å². The topological polar surface area (TPSA) is 66.4 Å². The van der Waals surface area contributed by atoms with Gasteiger partial charge in [0, 0.05) is 24.9 Å². The highest BCUT2D eigenvalue weighted by Crippen LogP contribution is 2.32. The number of nitrogens with one attached hydrogen (secondary N) is 1. The molecular formula is C12H11F2NO3. The van der Waals surface area contributed by atoms with Gasteiger partial charge in [-0.25, -0.2) is 8.78 Å². The van der Waals surface area contributed by atoms with E-state index in [2.05, 4.69) is 5.32 Å². The molecule has 0 unspecified atom stereocenters. The minimum Gasteiger partial charge on any atom is -0.481 e. The monoisotopic (exact) mass is 255 g/mol. The fourth-order valence-electron chi connectivity index (χ4n) is 2.17. The molecule has 1 fully saturated rings. The SMILES string of the molecule is O=C1C[C@H](c2ccc(F)cc2F)[C@@H](C(=O)O)CN1. The molecule has 6 heteroatoms. The quantitative estimate of drug-likeness (QED) is 0.836. The summed E-state index contributed by atoms with van der Waals surface area (Å²) >= 11 is 0. The van der Waals surface area contributed by atoms with E-state index in [1.165, 1.54) is 6.07 Å². The molecule has 1 heterocycles. The van der Waals surface area contributed by atoms with Gasteiger partial charge in [-0.1, -0.05) is 6.07 Å². The Labute approximate surface area is 102 Å². The van der Waals surface area contributed by atoms with Gasteiger partial charge in [0.1, 0.15) is 11.6 Å². The summed E-state index contributed by atoms with van der Waals surface area (Å²) in [5.41, 5.74) is 0.0682. The van der Waals surface area contributed by atoms with E-state index in [4.69, 9.17) is 5.11 Å². The third kappa shape index (κ3) is 2.32. The van der Waals surface area contributed by atoms with E-state index in [-0.39, 0.29) is 24.4 Å². The second-order valence-electron chi connectivity index (χ2n) is 4.23. The van der Waals surface area contributed by atoms with Crippen LogP contribution in [-0.2, 0) is 9.59 Å². The maximum absolute atomic E-state index is 13.6. The molecule has 1 aliphatic heterocycles. The summed E-state index contributed by atoms with van der Waals surface area (Å²) in [7, 11) is 0. The highest BCUT2D eigenvalue weighted by atomic mass is 19.1. The lowest BCUT2D eigenvalue weighted by molar-refractivity contribution is -0.144. The van der Waals surface area contributed by atoms with Crippen molar-refractivity contribution < 1.29 is 23.5 Å². The zero-order chi connectivity index (χ0) is 13.3. The summed E-state index contributed by atoms with van der Waals surface area (Å²) in [4.78, 5) is 22.4.